The largest absolute Gasteiger partial charge is 0.377 e. The van der Waals surface area contributed by atoms with E-state index in [1.54, 1.807) is 7.11 Å². The Morgan fingerprint density at radius 1 is 1.26 bits per heavy atom. The summed E-state index contributed by atoms with van der Waals surface area (Å²) in [4.78, 5) is 19.2. The number of hydrogen-bond donors (Lipinski definition) is 0. The molecule has 7 heteroatoms. The van der Waals surface area contributed by atoms with Crippen LogP contribution in [-0.2, 0) is 27.3 Å². The van der Waals surface area contributed by atoms with Crippen molar-refractivity contribution in [3.05, 3.63) is 11.7 Å². The molecule has 0 aromatic carbocycles. The van der Waals surface area contributed by atoms with Gasteiger partial charge in [0.05, 0.1) is 5.60 Å². The summed E-state index contributed by atoms with van der Waals surface area (Å²) >= 11 is 0. The molecule has 7 nitrogen and oxygen atoms in total. The molecule has 3 fully saturated rings. The lowest BCUT2D eigenvalue weighted by molar-refractivity contribution is -0.150. The van der Waals surface area contributed by atoms with Crippen molar-refractivity contribution in [1.29, 1.82) is 0 Å². The summed E-state index contributed by atoms with van der Waals surface area (Å²) in [6.07, 6.45) is 9.30. The molecule has 27 heavy (non-hydrogen) atoms. The van der Waals surface area contributed by atoms with Crippen LogP contribution in [-0.4, -0.2) is 53.4 Å². The van der Waals surface area contributed by atoms with Crippen LogP contribution >= 0.6 is 0 Å². The fourth-order valence-corrected chi connectivity index (χ4v) is 5.03. The van der Waals surface area contributed by atoms with E-state index in [0.717, 1.165) is 64.6 Å². The van der Waals surface area contributed by atoms with Crippen molar-refractivity contribution >= 4 is 5.91 Å². The van der Waals surface area contributed by atoms with Crippen LogP contribution in [0.1, 0.15) is 63.1 Å². The average molecular weight is 377 g/mol. The molecule has 1 saturated carbocycles. The zero-order valence-corrected chi connectivity index (χ0v) is 16.3. The molecule has 1 spiro atoms. The fraction of sp³-hybridized carbons (Fsp3) is 0.850. The number of ether oxygens (including phenoxy) is 2. The van der Waals surface area contributed by atoms with Crippen LogP contribution < -0.4 is 0 Å². The standard InChI is InChI=1S/C20H31N3O4/c1-25-14-17-21-18(27-22-17)12-15-6-11-26-20(13-15)7-9-23(10-8-20)19(24)16-4-2-3-5-16/h15-16H,2-14H2,1H3. The van der Waals surface area contributed by atoms with Crippen LogP contribution in [0.4, 0.5) is 0 Å². The van der Waals surface area contributed by atoms with Gasteiger partial charge in [0.2, 0.25) is 11.8 Å². The van der Waals surface area contributed by atoms with E-state index in [1.165, 1.54) is 12.8 Å². The Morgan fingerprint density at radius 2 is 2.04 bits per heavy atom. The molecule has 1 atom stereocenters. The second kappa shape index (κ2) is 8.27. The van der Waals surface area contributed by atoms with Crippen LogP contribution in [0, 0.1) is 11.8 Å². The van der Waals surface area contributed by atoms with Crippen LogP contribution in [0.25, 0.3) is 0 Å². The topological polar surface area (TPSA) is 77.7 Å². The molecule has 2 saturated heterocycles. The Balaban J connectivity index is 1.30. The minimum atomic E-state index is -0.0786. The monoisotopic (exact) mass is 377 g/mol. The molecule has 2 aliphatic heterocycles. The highest BCUT2D eigenvalue weighted by molar-refractivity contribution is 5.79. The first kappa shape index (κ1) is 18.9. The molecule has 150 valence electrons. The maximum atomic E-state index is 12.7. The maximum absolute atomic E-state index is 12.7. The molecule has 3 heterocycles. The van der Waals surface area contributed by atoms with Gasteiger partial charge in [-0.05, 0) is 44.4 Å². The summed E-state index contributed by atoms with van der Waals surface area (Å²) < 4.78 is 16.7. The van der Waals surface area contributed by atoms with E-state index in [1.807, 2.05) is 0 Å². The SMILES string of the molecule is COCc1noc(CC2CCOC3(CCN(C(=O)C4CCCC4)CC3)C2)n1. The van der Waals surface area contributed by atoms with E-state index in [9.17, 15) is 4.79 Å². The molecule has 1 unspecified atom stereocenters. The van der Waals surface area contributed by atoms with Crippen molar-refractivity contribution in [2.45, 2.75) is 70.0 Å². The first-order valence-corrected chi connectivity index (χ1v) is 10.4. The smallest absolute Gasteiger partial charge is 0.227 e. The predicted octanol–water partition coefficient (Wildman–Crippen LogP) is 2.74. The second-order valence-corrected chi connectivity index (χ2v) is 8.44. The van der Waals surface area contributed by atoms with Gasteiger partial charge in [0.1, 0.15) is 6.61 Å². The van der Waals surface area contributed by atoms with E-state index in [4.69, 9.17) is 14.0 Å². The Labute approximate surface area is 160 Å². The van der Waals surface area contributed by atoms with Gasteiger partial charge >= 0.3 is 0 Å². The molecule has 1 amide bonds. The third-order valence-corrected chi connectivity index (χ3v) is 6.53. The van der Waals surface area contributed by atoms with Gasteiger partial charge in [-0.2, -0.15) is 4.98 Å². The number of hydrogen-bond acceptors (Lipinski definition) is 6. The quantitative estimate of drug-likeness (QED) is 0.785. The highest BCUT2D eigenvalue weighted by Gasteiger charge is 2.42. The highest BCUT2D eigenvalue weighted by Crippen LogP contribution is 2.39. The maximum Gasteiger partial charge on any atom is 0.227 e. The Kier molecular flexibility index (Phi) is 5.78. The van der Waals surface area contributed by atoms with Crippen molar-refractivity contribution in [1.82, 2.24) is 15.0 Å². The number of nitrogens with zero attached hydrogens (tertiary/aromatic N) is 3. The molecular weight excluding hydrogens is 346 g/mol. The van der Waals surface area contributed by atoms with Gasteiger partial charge < -0.3 is 18.9 Å². The number of piperidine rings is 1. The van der Waals surface area contributed by atoms with E-state index < -0.39 is 0 Å². The molecule has 4 rings (SSSR count). The lowest BCUT2D eigenvalue weighted by atomic mass is 9.78. The van der Waals surface area contributed by atoms with Crippen LogP contribution in [0.3, 0.4) is 0 Å². The fourth-order valence-electron chi connectivity index (χ4n) is 5.03. The number of likely N-dealkylation sites (tertiary alicyclic amines) is 1. The van der Waals surface area contributed by atoms with Crippen LogP contribution in [0.2, 0.25) is 0 Å². The van der Waals surface area contributed by atoms with Crippen LogP contribution in [0.5, 0.6) is 0 Å². The van der Waals surface area contributed by atoms with Gasteiger partial charge in [-0.25, -0.2) is 0 Å². The van der Waals surface area contributed by atoms with Crippen molar-refractivity contribution in [3.63, 3.8) is 0 Å². The van der Waals surface area contributed by atoms with Crippen molar-refractivity contribution in [2.24, 2.45) is 11.8 Å². The molecule has 0 bridgehead atoms. The normalized spacial score (nSPS) is 26.0. The van der Waals surface area contributed by atoms with Gasteiger partial charge in [-0.1, -0.05) is 18.0 Å². The number of amides is 1. The third-order valence-electron chi connectivity index (χ3n) is 6.53. The molecule has 0 N–H and O–H groups in total. The predicted molar refractivity (Wildman–Crippen MR) is 97.9 cm³/mol. The zero-order chi connectivity index (χ0) is 18.7. The summed E-state index contributed by atoms with van der Waals surface area (Å²) in [5, 5.41) is 3.96. The summed E-state index contributed by atoms with van der Waals surface area (Å²) in [7, 11) is 1.63. The Bertz CT molecular complexity index is 633. The van der Waals surface area contributed by atoms with Gasteiger partial charge in [0.25, 0.3) is 0 Å². The van der Waals surface area contributed by atoms with Gasteiger partial charge in [-0.3, -0.25) is 4.79 Å². The van der Waals surface area contributed by atoms with Crippen molar-refractivity contribution in [3.8, 4) is 0 Å². The number of aromatic nitrogens is 2. The summed E-state index contributed by atoms with van der Waals surface area (Å²) in [5.74, 6) is 2.45. The van der Waals surface area contributed by atoms with Gasteiger partial charge in [-0.15, -0.1) is 0 Å². The van der Waals surface area contributed by atoms with Gasteiger partial charge in [0, 0.05) is 39.1 Å². The first-order chi connectivity index (χ1) is 13.2. The van der Waals surface area contributed by atoms with E-state index >= 15 is 0 Å². The zero-order valence-electron chi connectivity index (χ0n) is 16.3. The highest BCUT2D eigenvalue weighted by atomic mass is 16.5. The van der Waals surface area contributed by atoms with E-state index in [-0.39, 0.29) is 11.5 Å². The number of methoxy groups -OCH3 is 1. The first-order valence-electron chi connectivity index (χ1n) is 10.4. The Hall–Kier alpha value is -1.47. The second-order valence-electron chi connectivity index (χ2n) is 8.44. The molecule has 3 aliphatic rings. The van der Waals surface area contributed by atoms with Crippen molar-refractivity contribution in [2.75, 3.05) is 26.8 Å². The van der Waals surface area contributed by atoms with Crippen LogP contribution in [0.15, 0.2) is 4.52 Å². The molecule has 1 aromatic rings. The van der Waals surface area contributed by atoms with E-state index in [0.29, 0.717) is 30.1 Å². The molecule has 0 radical (unpaired) electrons. The molecule has 1 aromatic heterocycles. The minimum absolute atomic E-state index is 0.0786. The number of carbonyl (C=O) groups is 1. The summed E-state index contributed by atoms with van der Waals surface area (Å²) in [6, 6.07) is 0. The summed E-state index contributed by atoms with van der Waals surface area (Å²) in [5.41, 5.74) is -0.0786. The Morgan fingerprint density at radius 3 is 2.78 bits per heavy atom. The lowest BCUT2D eigenvalue weighted by Gasteiger charge is -2.46. The average Bonchev–Trinajstić information content (AvgIpc) is 3.35. The molecular formula is C20H31N3O4. The van der Waals surface area contributed by atoms with Crippen molar-refractivity contribution < 1.29 is 18.8 Å². The lowest BCUT2D eigenvalue weighted by Crippen LogP contribution is -2.51. The summed E-state index contributed by atoms with van der Waals surface area (Å²) in [6.45, 7) is 2.83. The minimum Gasteiger partial charge on any atom is -0.377 e. The van der Waals surface area contributed by atoms with E-state index in [2.05, 4.69) is 15.0 Å². The number of carbonyl (C=O) groups excluding carboxylic acids is 1. The van der Waals surface area contributed by atoms with Gasteiger partial charge in [0.15, 0.2) is 5.82 Å². The molecule has 1 aliphatic carbocycles. The number of rotatable bonds is 5. The third kappa shape index (κ3) is 4.35.